The van der Waals surface area contributed by atoms with Gasteiger partial charge in [0.2, 0.25) is 0 Å². The third-order valence-corrected chi connectivity index (χ3v) is 3.31. The molecule has 0 aliphatic rings. The van der Waals surface area contributed by atoms with Crippen LogP contribution in [0.25, 0.3) is 21.8 Å². The SMILES string of the molecule is Cc1cccc2c3ccnc(C)c3n(C)c12. The minimum absolute atomic E-state index is 1.09. The van der Waals surface area contributed by atoms with E-state index in [0.717, 1.165) is 5.69 Å². The van der Waals surface area contributed by atoms with Crippen LogP contribution in [0.1, 0.15) is 11.3 Å². The molecule has 2 heterocycles. The predicted molar refractivity (Wildman–Crippen MR) is 67.7 cm³/mol. The summed E-state index contributed by atoms with van der Waals surface area (Å²) in [7, 11) is 2.12. The number of hydrogen-bond donors (Lipinski definition) is 0. The van der Waals surface area contributed by atoms with Crippen LogP contribution in [0.2, 0.25) is 0 Å². The molecule has 0 spiro atoms. The van der Waals surface area contributed by atoms with E-state index in [-0.39, 0.29) is 0 Å². The van der Waals surface area contributed by atoms with E-state index in [1.807, 2.05) is 6.20 Å². The molecule has 0 atom stereocenters. The molecule has 0 unspecified atom stereocenters. The minimum Gasteiger partial charge on any atom is -0.342 e. The van der Waals surface area contributed by atoms with Gasteiger partial charge in [-0.25, -0.2) is 0 Å². The minimum atomic E-state index is 1.09. The summed E-state index contributed by atoms with van der Waals surface area (Å²) in [5, 5.41) is 2.62. The first-order valence-electron chi connectivity index (χ1n) is 5.49. The van der Waals surface area contributed by atoms with Gasteiger partial charge in [-0.15, -0.1) is 0 Å². The van der Waals surface area contributed by atoms with Gasteiger partial charge in [0.15, 0.2) is 0 Å². The van der Waals surface area contributed by atoms with E-state index in [0.29, 0.717) is 0 Å². The van der Waals surface area contributed by atoms with Gasteiger partial charge in [0.05, 0.1) is 16.7 Å². The highest BCUT2D eigenvalue weighted by molar-refractivity contribution is 6.09. The summed E-state index contributed by atoms with van der Waals surface area (Å²) in [5.41, 5.74) is 4.96. The first-order chi connectivity index (χ1) is 7.70. The van der Waals surface area contributed by atoms with Crippen molar-refractivity contribution in [3.63, 3.8) is 0 Å². The monoisotopic (exact) mass is 210 g/mol. The van der Waals surface area contributed by atoms with Crippen LogP contribution in [0.3, 0.4) is 0 Å². The Labute approximate surface area is 94.5 Å². The van der Waals surface area contributed by atoms with Crippen molar-refractivity contribution < 1.29 is 0 Å². The average Bonchev–Trinajstić information content (AvgIpc) is 2.56. The van der Waals surface area contributed by atoms with Crippen LogP contribution in [0.5, 0.6) is 0 Å². The Morgan fingerprint density at radius 3 is 2.56 bits per heavy atom. The van der Waals surface area contributed by atoms with E-state index in [2.05, 4.69) is 54.7 Å². The van der Waals surface area contributed by atoms with Gasteiger partial charge < -0.3 is 4.57 Å². The molecule has 0 amide bonds. The highest BCUT2D eigenvalue weighted by Crippen LogP contribution is 2.30. The molecule has 80 valence electrons. The zero-order valence-corrected chi connectivity index (χ0v) is 9.78. The second kappa shape index (κ2) is 3.08. The van der Waals surface area contributed by atoms with Crippen molar-refractivity contribution in [2.24, 2.45) is 7.05 Å². The number of aryl methyl sites for hydroxylation is 3. The highest BCUT2D eigenvalue weighted by atomic mass is 15.0. The summed E-state index contributed by atoms with van der Waals surface area (Å²) in [5.74, 6) is 0. The number of hydrogen-bond acceptors (Lipinski definition) is 1. The lowest BCUT2D eigenvalue weighted by atomic mass is 10.1. The first kappa shape index (κ1) is 9.40. The topological polar surface area (TPSA) is 17.8 Å². The predicted octanol–water partition coefficient (Wildman–Crippen LogP) is 3.34. The molecule has 2 nitrogen and oxygen atoms in total. The molecule has 3 aromatic rings. The normalized spacial score (nSPS) is 11.4. The Balaban J connectivity index is 2.70. The third-order valence-electron chi connectivity index (χ3n) is 3.31. The molecule has 16 heavy (non-hydrogen) atoms. The quantitative estimate of drug-likeness (QED) is 0.556. The van der Waals surface area contributed by atoms with Crippen LogP contribution >= 0.6 is 0 Å². The van der Waals surface area contributed by atoms with Crippen LogP contribution in [-0.4, -0.2) is 9.55 Å². The first-order valence-corrected chi connectivity index (χ1v) is 5.49. The van der Waals surface area contributed by atoms with Crippen molar-refractivity contribution in [2.45, 2.75) is 13.8 Å². The Kier molecular flexibility index (Phi) is 1.81. The van der Waals surface area contributed by atoms with Gasteiger partial charge in [0.1, 0.15) is 0 Å². The molecule has 0 aliphatic carbocycles. The molecule has 0 saturated carbocycles. The van der Waals surface area contributed by atoms with E-state index < -0.39 is 0 Å². The summed E-state index contributed by atoms with van der Waals surface area (Å²) >= 11 is 0. The Morgan fingerprint density at radius 2 is 1.75 bits per heavy atom. The van der Waals surface area contributed by atoms with Crippen LogP contribution in [0, 0.1) is 13.8 Å². The molecule has 0 saturated heterocycles. The molecule has 1 aromatic carbocycles. The fourth-order valence-electron chi connectivity index (χ4n) is 2.63. The Hall–Kier alpha value is -1.83. The number of pyridine rings is 1. The van der Waals surface area contributed by atoms with E-state index in [4.69, 9.17) is 0 Å². The second-order valence-corrected chi connectivity index (χ2v) is 4.32. The molecular weight excluding hydrogens is 196 g/mol. The second-order valence-electron chi connectivity index (χ2n) is 4.32. The fraction of sp³-hybridized carbons (Fsp3) is 0.214. The maximum atomic E-state index is 4.37. The fourth-order valence-corrected chi connectivity index (χ4v) is 2.63. The summed E-state index contributed by atoms with van der Waals surface area (Å²) in [4.78, 5) is 4.37. The van der Waals surface area contributed by atoms with Gasteiger partial charge >= 0.3 is 0 Å². The molecule has 0 bridgehead atoms. The Bertz CT molecular complexity index is 633. The van der Waals surface area contributed by atoms with Gasteiger partial charge in [0, 0.05) is 24.0 Å². The molecule has 2 aromatic heterocycles. The van der Waals surface area contributed by atoms with Crippen molar-refractivity contribution in [1.82, 2.24) is 9.55 Å². The van der Waals surface area contributed by atoms with Crippen LogP contribution in [-0.2, 0) is 7.05 Å². The van der Waals surface area contributed by atoms with E-state index >= 15 is 0 Å². The van der Waals surface area contributed by atoms with Gasteiger partial charge in [-0.1, -0.05) is 18.2 Å². The van der Waals surface area contributed by atoms with Crippen LogP contribution < -0.4 is 0 Å². The van der Waals surface area contributed by atoms with E-state index in [9.17, 15) is 0 Å². The number of aromatic nitrogens is 2. The molecule has 0 aliphatic heterocycles. The van der Waals surface area contributed by atoms with Crippen molar-refractivity contribution in [1.29, 1.82) is 0 Å². The standard InChI is InChI=1S/C14H14N2/c1-9-5-4-6-11-12-7-8-15-10(2)14(12)16(3)13(9)11/h4-8H,1-3H3. The lowest BCUT2D eigenvalue weighted by Crippen LogP contribution is -1.92. The largest absolute Gasteiger partial charge is 0.342 e. The zero-order chi connectivity index (χ0) is 11.3. The Morgan fingerprint density at radius 1 is 1.00 bits per heavy atom. The van der Waals surface area contributed by atoms with Gasteiger partial charge in [-0.05, 0) is 25.5 Å². The third kappa shape index (κ3) is 1.04. The number of benzene rings is 1. The van der Waals surface area contributed by atoms with Crippen LogP contribution in [0.4, 0.5) is 0 Å². The van der Waals surface area contributed by atoms with E-state index in [1.54, 1.807) is 0 Å². The maximum Gasteiger partial charge on any atom is 0.0705 e. The van der Waals surface area contributed by atoms with Crippen molar-refractivity contribution >= 4 is 21.8 Å². The lowest BCUT2D eigenvalue weighted by molar-refractivity contribution is 0.992. The summed E-state index contributed by atoms with van der Waals surface area (Å²) in [6, 6.07) is 8.56. The van der Waals surface area contributed by atoms with Crippen LogP contribution in [0.15, 0.2) is 30.5 Å². The average molecular weight is 210 g/mol. The molecule has 3 rings (SSSR count). The van der Waals surface area contributed by atoms with Crippen molar-refractivity contribution in [2.75, 3.05) is 0 Å². The molecule has 0 fully saturated rings. The summed E-state index contributed by atoms with van der Waals surface area (Å²) in [6.07, 6.45) is 1.89. The van der Waals surface area contributed by atoms with Gasteiger partial charge in [0.25, 0.3) is 0 Å². The number of fused-ring (bicyclic) bond motifs is 3. The molecule has 0 N–H and O–H groups in total. The van der Waals surface area contributed by atoms with E-state index in [1.165, 1.54) is 27.4 Å². The lowest BCUT2D eigenvalue weighted by Gasteiger charge is -2.02. The van der Waals surface area contributed by atoms with Crippen molar-refractivity contribution in [3.8, 4) is 0 Å². The summed E-state index contributed by atoms with van der Waals surface area (Å²) < 4.78 is 2.25. The van der Waals surface area contributed by atoms with Crippen molar-refractivity contribution in [3.05, 3.63) is 41.7 Å². The molecule has 2 heteroatoms. The smallest absolute Gasteiger partial charge is 0.0705 e. The van der Waals surface area contributed by atoms with Gasteiger partial charge in [-0.2, -0.15) is 0 Å². The maximum absolute atomic E-state index is 4.37. The zero-order valence-electron chi connectivity index (χ0n) is 9.78. The number of nitrogens with zero attached hydrogens (tertiary/aromatic N) is 2. The molecular formula is C14H14N2. The highest BCUT2D eigenvalue weighted by Gasteiger charge is 2.11. The number of rotatable bonds is 0. The molecule has 0 radical (unpaired) electrons. The number of para-hydroxylation sites is 1. The summed E-state index contributed by atoms with van der Waals surface area (Å²) in [6.45, 7) is 4.22. The van der Waals surface area contributed by atoms with Gasteiger partial charge in [-0.3, -0.25) is 4.98 Å².